The molecular weight excluding hydrogens is 314 g/mol. The molecule has 2 atom stereocenters. The van der Waals surface area contributed by atoms with Crippen LogP contribution in [0, 0.1) is 0 Å². The van der Waals surface area contributed by atoms with Gasteiger partial charge in [-0.15, -0.1) is 0 Å². The maximum absolute atomic E-state index is 12.6. The largest absolute Gasteiger partial charge is 0.497 e. The van der Waals surface area contributed by atoms with Crippen molar-refractivity contribution in [2.45, 2.75) is 84.5 Å². The lowest BCUT2D eigenvalue weighted by Crippen LogP contribution is -2.50. The number of piperidine rings is 1. The van der Waals surface area contributed by atoms with Crippen molar-refractivity contribution in [2.75, 3.05) is 6.54 Å². The van der Waals surface area contributed by atoms with Gasteiger partial charge >= 0.3 is 6.09 Å². The summed E-state index contributed by atoms with van der Waals surface area (Å²) in [5.74, 6) is 0. The molecule has 1 amide bonds. The SMILES string of the molecule is C=CO[C@@H]1CC[C@H](CC2=CCCC=C2)N(C(=O)OC(C)(C)C)C1.CC. The summed E-state index contributed by atoms with van der Waals surface area (Å²) in [4.78, 5) is 14.4. The van der Waals surface area contributed by atoms with E-state index in [1.807, 2.05) is 39.5 Å². The Kier molecular flexibility index (Phi) is 8.81. The number of hydrogen-bond donors (Lipinski definition) is 0. The average Bonchev–Trinajstić information content (AvgIpc) is 2.58. The van der Waals surface area contributed by atoms with Crippen LogP contribution in [0.25, 0.3) is 0 Å². The molecule has 1 heterocycles. The second kappa shape index (κ2) is 10.3. The number of allylic oxidation sites excluding steroid dienone is 3. The van der Waals surface area contributed by atoms with E-state index in [4.69, 9.17) is 9.47 Å². The summed E-state index contributed by atoms with van der Waals surface area (Å²) >= 11 is 0. The van der Waals surface area contributed by atoms with E-state index in [0.29, 0.717) is 6.54 Å². The molecule has 0 aromatic rings. The second-order valence-corrected chi connectivity index (χ2v) is 7.25. The van der Waals surface area contributed by atoms with Crippen molar-refractivity contribution < 1.29 is 14.3 Å². The van der Waals surface area contributed by atoms with E-state index in [1.165, 1.54) is 11.8 Å². The average molecular weight is 350 g/mol. The molecule has 25 heavy (non-hydrogen) atoms. The molecule has 1 aliphatic heterocycles. The normalized spacial score (nSPS) is 23.1. The van der Waals surface area contributed by atoms with Crippen LogP contribution in [-0.4, -0.2) is 35.3 Å². The number of ether oxygens (including phenoxy) is 2. The first-order valence-corrected chi connectivity index (χ1v) is 9.50. The maximum Gasteiger partial charge on any atom is 0.410 e. The minimum absolute atomic E-state index is 0.00662. The van der Waals surface area contributed by atoms with Gasteiger partial charge in [-0.2, -0.15) is 0 Å². The van der Waals surface area contributed by atoms with Gasteiger partial charge in [0.15, 0.2) is 0 Å². The van der Waals surface area contributed by atoms with E-state index < -0.39 is 5.60 Å². The number of nitrogens with zero attached hydrogens (tertiary/aromatic N) is 1. The molecule has 4 nitrogen and oxygen atoms in total. The van der Waals surface area contributed by atoms with Crippen molar-refractivity contribution in [1.29, 1.82) is 0 Å². The molecule has 1 fully saturated rings. The van der Waals surface area contributed by atoms with Crippen LogP contribution >= 0.6 is 0 Å². The standard InChI is InChI=1S/C19H29NO3.C2H6/c1-5-22-17-12-11-16(13-15-9-7-6-8-10-15)20(14-17)18(21)23-19(2,3)4;1-2/h5,7,9-10,16-17H,1,6,8,11-14H2,2-4H3;1-2H3/t16-,17-;/m1./s1. The minimum Gasteiger partial charge on any atom is -0.497 e. The van der Waals surface area contributed by atoms with Crippen molar-refractivity contribution in [2.24, 2.45) is 0 Å². The summed E-state index contributed by atoms with van der Waals surface area (Å²) in [6.45, 7) is 13.9. The monoisotopic (exact) mass is 349 g/mol. The fourth-order valence-electron chi connectivity index (χ4n) is 3.09. The van der Waals surface area contributed by atoms with Gasteiger partial charge < -0.3 is 14.4 Å². The molecule has 1 saturated heterocycles. The molecule has 2 rings (SSSR count). The summed E-state index contributed by atoms with van der Waals surface area (Å²) in [7, 11) is 0. The van der Waals surface area contributed by atoms with Gasteiger partial charge in [0.25, 0.3) is 0 Å². The molecule has 1 aliphatic carbocycles. The Balaban J connectivity index is 0.00000151. The van der Waals surface area contributed by atoms with E-state index in [1.54, 1.807) is 0 Å². The molecule has 0 N–H and O–H groups in total. The van der Waals surface area contributed by atoms with E-state index in [0.717, 1.165) is 32.1 Å². The van der Waals surface area contributed by atoms with Crippen LogP contribution in [0.15, 0.2) is 36.6 Å². The van der Waals surface area contributed by atoms with Gasteiger partial charge in [0.1, 0.15) is 11.7 Å². The van der Waals surface area contributed by atoms with Crippen molar-refractivity contribution >= 4 is 6.09 Å². The van der Waals surface area contributed by atoms with Gasteiger partial charge in [0.2, 0.25) is 0 Å². The third-order valence-electron chi connectivity index (χ3n) is 4.12. The summed E-state index contributed by atoms with van der Waals surface area (Å²) in [5, 5.41) is 0. The van der Waals surface area contributed by atoms with Gasteiger partial charge in [-0.05, 0) is 52.9 Å². The van der Waals surface area contributed by atoms with Crippen molar-refractivity contribution in [1.82, 2.24) is 4.90 Å². The highest BCUT2D eigenvalue weighted by molar-refractivity contribution is 5.69. The predicted molar refractivity (Wildman–Crippen MR) is 103 cm³/mol. The number of carbonyl (C=O) groups excluding carboxylic acids is 1. The van der Waals surface area contributed by atoms with Crippen LogP contribution in [0.4, 0.5) is 4.79 Å². The van der Waals surface area contributed by atoms with Crippen LogP contribution in [0.2, 0.25) is 0 Å². The molecule has 0 bridgehead atoms. The number of amides is 1. The molecule has 0 unspecified atom stereocenters. The first-order chi connectivity index (χ1) is 11.9. The third kappa shape index (κ3) is 7.37. The Hall–Kier alpha value is -1.71. The summed E-state index contributed by atoms with van der Waals surface area (Å²) in [6, 6.07) is 0.170. The topological polar surface area (TPSA) is 38.8 Å². The molecule has 0 spiro atoms. The molecule has 2 aliphatic rings. The molecule has 0 radical (unpaired) electrons. The summed E-state index contributed by atoms with van der Waals surface area (Å²) in [6.07, 6.45) is 12.8. The number of rotatable bonds is 4. The highest BCUT2D eigenvalue weighted by Crippen LogP contribution is 2.28. The highest BCUT2D eigenvalue weighted by Gasteiger charge is 2.35. The van der Waals surface area contributed by atoms with Crippen LogP contribution < -0.4 is 0 Å². The zero-order valence-electron chi connectivity index (χ0n) is 16.6. The molecular formula is C21H35NO3. The fraction of sp³-hybridized carbons (Fsp3) is 0.667. The van der Waals surface area contributed by atoms with Crippen molar-refractivity contribution in [3.63, 3.8) is 0 Å². The Labute approximate surface area is 153 Å². The van der Waals surface area contributed by atoms with Crippen LogP contribution in [-0.2, 0) is 9.47 Å². The van der Waals surface area contributed by atoms with E-state index in [9.17, 15) is 4.79 Å². The summed E-state index contributed by atoms with van der Waals surface area (Å²) < 4.78 is 11.1. The lowest BCUT2D eigenvalue weighted by Gasteiger charge is -2.40. The molecule has 0 saturated carbocycles. The minimum atomic E-state index is -0.488. The van der Waals surface area contributed by atoms with Crippen LogP contribution in [0.5, 0.6) is 0 Å². The van der Waals surface area contributed by atoms with Crippen molar-refractivity contribution in [3.8, 4) is 0 Å². The lowest BCUT2D eigenvalue weighted by atomic mass is 9.92. The molecule has 0 aromatic heterocycles. The van der Waals surface area contributed by atoms with E-state index >= 15 is 0 Å². The quantitative estimate of drug-likeness (QED) is 0.619. The first-order valence-electron chi connectivity index (χ1n) is 9.50. The molecule has 0 aromatic carbocycles. The number of hydrogen-bond acceptors (Lipinski definition) is 3. The Morgan fingerprint density at radius 2 is 2.04 bits per heavy atom. The number of likely N-dealkylation sites (tertiary alicyclic amines) is 1. The van der Waals surface area contributed by atoms with Gasteiger partial charge in [-0.3, -0.25) is 0 Å². The Bertz CT molecular complexity index is 488. The molecule has 4 heteroatoms. The lowest BCUT2D eigenvalue weighted by molar-refractivity contribution is -0.0155. The zero-order valence-corrected chi connectivity index (χ0v) is 16.6. The third-order valence-corrected chi connectivity index (χ3v) is 4.12. The second-order valence-electron chi connectivity index (χ2n) is 7.25. The highest BCUT2D eigenvalue weighted by atomic mass is 16.6. The Morgan fingerprint density at radius 1 is 1.32 bits per heavy atom. The van der Waals surface area contributed by atoms with Gasteiger partial charge in [-0.25, -0.2) is 4.79 Å². The van der Waals surface area contributed by atoms with E-state index in [-0.39, 0.29) is 18.2 Å². The van der Waals surface area contributed by atoms with Gasteiger partial charge in [0, 0.05) is 6.04 Å². The van der Waals surface area contributed by atoms with Crippen LogP contribution in [0.1, 0.15) is 66.7 Å². The first kappa shape index (κ1) is 21.3. The zero-order chi connectivity index (χ0) is 18.9. The van der Waals surface area contributed by atoms with Gasteiger partial charge in [-0.1, -0.05) is 44.2 Å². The van der Waals surface area contributed by atoms with E-state index in [2.05, 4.69) is 24.8 Å². The van der Waals surface area contributed by atoms with Gasteiger partial charge in [0.05, 0.1) is 12.8 Å². The Morgan fingerprint density at radius 3 is 2.60 bits per heavy atom. The summed E-state index contributed by atoms with van der Waals surface area (Å²) in [5.41, 5.74) is 0.829. The molecule has 142 valence electrons. The van der Waals surface area contributed by atoms with Crippen LogP contribution in [0.3, 0.4) is 0 Å². The number of carbonyl (C=O) groups is 1. The predicted octanol–water partition coefficient (Wildman–Crippen LogP) is 5.61. The fourth-order valence-corrected chi connectivity index (χ4v) is 3.09. The maximum atomic E-state index is 12.6. The smallest absolute Gasteiger partial charge is 0.410 e. The van der Waals surface area contributed by atoms with Crippen molar-refractivity contribution in [3.05, 3.63) is 36.6 Å².